The quantitative estimate of drug-likeness (QED) is 0.788. The molecular formula is C16H20O2. The lowest BCUT2D eigenvalue weighted by Gasteiger charge is -2.09. The maximum atomic E-state index is 9.57. The first-order valence-corrected chi connectivity index (χ1v) is 6.05. The van der Waals surface area contributed by atoms with E-state index >= 15 is 0 Å². The maximum absolute atomic E-state index is 9.57. The fraction of sp³-hybridized carbons (Fsp3) is 0.250. The SMILES string of the molecule is Cc1cccc(C(C)C)c1O.Oc1ccccc1. The number of para-hydroxylation sites is 2. The van der Waals surface area contributed by atoms with Crippen LogP contribution in [0.3, 0.4) is 0 Å². The van der Waals surface area contributed by atoms with Crippen LogP contribution in [0.1, 0.15) is 30.9 Å². The summed E-state index contributed by atoms with van der Waals surface area (Å²) in [6, 6.07) is 14.6. The smallest absolute Gasteiger partial charge is 0.121 e. The second kappa shape index (κ2) is 6.70. The molecule has 0 aliphatic heterocycles. The second-order valence-electron chi connectivity index (χ2n) is 4.50. The number of hydrogen-bond acceptors (Lipinski definition) is 2. The zero-order valence-corrected chi connectivity index (χ0v) is 11.1. The standard InChI is InChI=1S/C10H14O.C6H6O/c1-7(2)9-6-4-5-8(3)10(9)11;7-6-4-2-1-3-5-6/h4-7,11H,1-3H3;1-5,7H. The molecule has 0 unspecified atom stereocenters. The zero-order chi connectivity index (χ0) is 13.5. The van der Waals surface area contributed by atoms with Crippen molar-refractivity contribution in [1.82, 2.24) is 0 Å². The van der Waals surface area contributed by atoms with Crippen molar-refractivity contribution in [3.63, 3.8) is 0 Å². The van der Waals surface area contributed by atoms with Crippen molar-refractivity contribution in [2.24, 2.45) is 0 Å². The third-order valence-corrected chi connectivity index (χ3v) is 2.65. The van der Waals surface area contributed by atoms with Gasteiger partial charge in [-0.25, -0.2) is 0 Å². The van der Waals surface area contributed by atoms with Crippen LogP contribution in [0.4, 0.5) is 0 Å². The molecule has 0 aromatic heterocycles. The number of aryl methyl sites for hydroxylation is 1. The summed E-state index contributed by atoms with van der Waals surface area (Å²) in [7, 11) is 0. The molecule has 2 aromatic rings. The van der Waals surface area contributed by atoms with E-state index in [0.717, 1.165) is 11.1 Å². The molecule has 0 bridgehead atoms. The summed E-state index contributed by atoms with van der Waals surface area (Å²) >= 11 is 0. The second-order valence-corrected chi connectivity index (χ2v) is 4.50. The minimum Gasteiger partial charge on any atom is -0.508 e. The minimum absolute atomic E-state index is 0.322. The Balaban J connectivity index is 0.000000199. The van der Waals surface area contributed by atoms with Crippen molar-refractivity contribution in [2.75, 3.05) is 0 Å². The molecule has 0 spiro atoms. The Morgan fingerprint density at radius 3 is 1.83 bits per heavy atom. The first-order valence-electron chi connectivity index (χ1n) is 6.05. The van der Waals surface area contributed by atoms with Crippen LogP contribution in [-0.2, 0) is 0 Å². The van der Waals surface area contributed by atoms with Crippen LogP contribution in [0.25, 0.3) is 0 Å². The first-order chi connectivity index (χ1) is 8.52. The summed E-state index contributed by atoms with van der Waals surface area (Å²) in [6.07, 6.45) is 0. The number of benzene rings is 2. The van der Waals surface area contributed by atoms with Crippen LogP contribution < -0.4 is 0 Å². The van der Waals surface area contributed by atoms with Crippen LogP contribution in [0.2, 0.25) is 0 Å². The van der Waals surface area contributed by atoms with Gasteiger partial charge in [0.05, 0.1) is 0 Å². The molecule has 0 radical (unpaired) electrons. The highest BCUT2D eigenvalue weighted by Crippen LogP contribution is 2.27. The normalized spacial score (nSPS) is 9.78. The lowest BCUT2D eigenvalue weighted by Crippen LogP contribution is -1.88. The molecule has 0 amide bonds. The lowest BCUT2D eigenvalue weighted by molar-refractivity contribution is 0.460. The summed E-state index contributed by atoms with van der Waals surface area (Å²) in [5.41, 5.74) is 1.99. The Hall–Kier alpha value is -1.96. The monoisotopic (exact) mass is 244 g/mol. The number of phenolic OH excluding ortho intramolecular Hbond substituents is 2. The van der Waals surface area contributed by atoms with Crippen molar-refractivity contribution in [1.29, 1.82) is 0 Å². The van der Waals surface area contributed by atoms with Crippen LogP contribution >= 0.6 is 0 Å². The summed E-state index contributed by atoms with van der Waals surface area (Å²) in [5.74, 6) is 1.17. The van der Waals surface area contributed by atoms with Gasteiger partial charge < -0.3 is 10.2 Å². The highest BCUT2D eigenvalue weighted by molar-refractivity contribution is 5.40. The molecule has 2 heteroatoms. The molecule has 0 fully saturated rings. The van der Waals surface area contributed by atoms with Gasteiger partial charge in [-0.2, -0.15) is 0 Å². The molecule has 0 aliphatic carbocycles. The van der Waals surface area contributed by atoms with E-state index in [-0.39, 0.29) is 0 Å². The van der Waals surface area contributed by atoms with Crippen LogP contribution in [0, 0.1) is 6.92 Å². The van der Waals surface area contributed by atoms with E-state index < -0.39 is 0 Å². The number of rotatable bonds is 1. The van der Waals surface area contributed by atoms with Gasteiger partial charge in [0, 0.05) is 0 Å². The molecular weight excluding hydrogens is 224 g/mol. The molecule has 2 aromatic carbocycles. The molecule has 96 valence electrons. The van der Waals surface area contributed by atoms with E-state index in [1.807, 2.05) is 31.2 Å². The van der Waals surface area contributed by atoms with Crippen molar-refractivity contribution >= 4 is 0 Å². The predicted molar refractivity (Wildman–Crippen MR) is 75.0 cm³/mol. The average molecular weight is 244 g/mol. The van der Waals surface area contributed by atoms with Crippen LogP contribution in [0.5, 0.6) is 11.5 Å². The van der Waals surface area contributed by atoms with Gasteiger partial charge in [-0.1, -0.05) is 50.2 Å². The van der Waals surface area contributed by atoms with Gasteiger partial charge in [0.25, 0.3) is 0 Å². The van der Waals surface area contributed by atoms with E-state index in [0.29, 0.717) is 17.4 Å². The topological polar surface area (TPSA) is 40.5 Å². The minimum atomic E-state index is 0.322. The molecule has 18 heavy (non-hydrogen) atoms. The summed E-state index contributed by atoms with van der Waals surface area (Å²) in [6.45, 7) is 6.07. The largest absolute Gasteiger partial charge is 0.508 e. The Kier molecular flexibility index (Phi) is 5.25. The molecule has 0 aliphatic rings. The fourth-order valence-corrected chi connectivity index (χ4v) is 1.58. The highest BCUT2D eigenvalue weighted by atomic mass is 16.3. The Labute approximate surface area is 109 Å². The lowest BCUT2D eigenvalue weighted by atomic mass is 10.00. The molecule has 0 saturated carbocycles. The van der Waals surface area contributed by atoms with Gasteiger partial charge >= 0.3 is 0 Å². The van der Waals surface area contributed by atoms with Gasteiger partial charge in [-0.3, -0.25) is 0 Å². The Morgan fingerprint density at radius 1 is 0.833 bits per heavy atom. The van der Waals surface area contributed by atoms with Gasteiger partial charge in [-0.15, -0.1) is 0 Å². The zero-order valence-electron chi connectivity index (χ0n) is 11.1. The highest BCUT2D eigenvalue weighted by Gasteiger charge is 2.05. The molecule has 0 atom stereocenters. The van der Waals surface area contributed by atoms with E-state index in [9.17, 15) is 5.11 Å². The van der Waals surface area contributed by atoms with Gasteiger partial charge in [0.1, 0.15) is 11.5 Å². The van der Waals surface area contributed by atoms with Crippen molar-refractivity contribution in [3.05, 3.63) is 59.7 Å². The fourth-order valence-electron chi connectivity index (χ4n) is 1.58. The van der Waals surface area contributed by atoms with Gasteiger partial charge in [0.15, 0.2) is 0 Å². The van der Waals surface area contributed by atoms with Crippen LogP contribution in [-0.4, -0.2) is 10.2 Å². The predicted octanol–water partition coefficient (Wildman–Crippen LogP) is 4.22. The maximum Gasteiger partial charge on any atom is 0.121 e. The molecule has 2 nitrogen and oxygen atoms in total. The third kappa shape index (κ3) is 4.13. The Bertz CT molecular complexity index is 476. The summed E-state index contributed by atoms with van der Waals surface area (Å²) in [5, 5.41) is 18.2. The van der Waals surface area contributed by atoms with Crippen molar-refractivity contribution in [2.45, 2.75) is 26.7 Å². The van der Waals surface area contributed by atoms with Crippen molar-refractivity contribution in [3.8, 4) is 11.5 Å². The summed E-state index contributed by atoms with van der Waals surface area (Å²) in [4.78, 5) is 0. The number of aromatic hydroxyl groups is 2. The number of phenols is 2. The van der Waals surface area contributed by atoms with Gasteiger partial charge in [-0.05, 0) is 36.1 Å². The number of hydrogen-bond donors (Lipinski definition) is 2. The average Bonchev–Trinajstić information content (AvgIpc) is 2.34. The Morgan fingerprint density at radius 2 is 1.44 bits per heavy atom. The van der Waals surface area contributed by atoms with E-state index in [1.165, 1.54) is 0 Å². The third-order valence-electron chi connectivity index (χ3n) is 2.65. The van der Waals surface area contributed by atoms with Crippen molar-refractivity contribution < 1.29 is 10.2 Å². The molecule has 0 heterocycles. The van der Waals surface area contributed by atoms with E-state index in [4.69, 9.17) is 5.11 Å². The summed E-state index contributed by atoms with van der Waals surface area (Å²) < 4.78 is 0. The van der Waals surface area contributed by atoms with E-state index in [2.05, 4.69) is 13.8 Å². The molecule has 2 N–H and O–H groups in total. The molecule has 0 saturated heterocycles. The van der Waals surface area contributed by atoms with Crippen LogP contribution in [0.15, 0.2) is 48.5 Å². The first kappa shape index (κ1) is 14.1. The molecule has 2 rings (SSSR count). The van der Waals surface area contributed by atoms with Gasteiger partial charge in [0.2, 0.25) is 0 Å². The van der Waals surface area contributed by atoms with E-state index in [1.54, 1.807) is 24.3 Å².